The molecule has 4 aliphatic carbocycles. The van der Waals surface area contributed by atoms with Crippen molar-refractivity contribution in [2.24, 2.45) is 39.5 Å². The van der Waals surface area contributed by atoms with Gasteiger partial charge in [0.05, 0.1) is 6.10 Å². The molecule has 4 saturated carbocycles. The van der Waals surface area contributed by atoms with Crippen LogP contribution in [-0.4, -0.2) is 24.0 Å². The van der Waals surface area contributed by atoms with E-state index in [4.69, 9.17) is 0 Å². The molecule has 0 aromatic rings. The van der Waals surface area contributed by atoms with Crippen LogP contribution in [0.25, 0.3) is 0 Å². The Hall–Kier alpha value is -0.370. The van der Waals surface area contributed by atoms with E-state index < -0.39 is 0 Å². The standard InChI is InChI=1S/C20H33NO/c1-19-10-8-14(21-3)12-13(19)4-5-15-16-6-7-18(22)20(16,2)11-9-17(15)19/h13,15-18,22H,4-12H2,1-3H3/t13?,15?,16?,17?,18?,19-,20-/m0/s1. The maximum Gasteiger partial charge on any atom is 0.0596 e. The Kier molecular flexibility index (Phi) is 3.49. The Balaban J connectivity index is 1.62. The first kappa shape index (κ1) is 15.2. The van der Waals surface area contributed by atoms with E-state index in [0.29, 0.717) is 5.41 Å². The van der Waals surface area contributed by atoms with Gasteiger partial charge in [0.25, 0.3) is 0 Å². The Labute approximate surface area is 135 Å². The highest BCUT2D eigenvalue weighted by atomic mass is 16.3. The molecular formula is C20H33NO. The summed E-state index contributed by atoms with van der Waals surface area (Å²) in [6.07, 6.45) is 11.6. The van der Waals surface area contributed by atoms with Crippen LogP contribution in [0.5, 0.6) is 0 Å². The summed E-state index contributed by atoms with van der Waals surface area (Å²) in [4.78, 5) is 4.53. The summed E-state index contributed by atoms with van der Waals surface area (Å²) in [5, 5.41) is 10.5. The molecule has 0 heterocycles. The summed E-state index contributed by atoms with van der Waals surface area (Å²) in [6, 6.07) is 0. The van der Waals surface area contributed by atoms with Gasteiger partial charge in [-0.15, -0.1) is 0 Å². The summed E-state index contributed by atoms with van der Waals surface area (Å²) >= 11 is 0. The Bertz CT molecular complexity index is 486. The summed E-state index contributed by atoms with van der Waals surface area (Å²) in [7, 11) is 1.98. The van der Waals surface area contributed by atoms with Crippen LogP contribution in [0.3, 0.4) is 0 Å². The van der Waals surface area contributed by atoms with Crippen molar-refractivity contribution >= 4 is 5.71 Å². The predicted molar refractivity (Wildman–Crippen MR) is 91.1 cm³/mol. The van der Waals surface area contributed by atoms with E-state index in [1.807, 2.05) is 7.05 Å². The molecule has 0 aliphatic heterocycles. The predicted octanol–water partition coefficient (Wildman–Crippen LogP) is 4.46. The molecule has 2 heteroatoms. The van der Waals surface area contributed by atoms with Crippen LogP contribution in [0, 0.1) is 34.5 Å². The second-order valence-electron chi connectivity index (χ2n) is 9.29. The third-order valence-electron chi connectivity index (χ3n) is 8.77. The van der Waals surface area contributed by atoms with E-state index in [0.717, 1.165) is 30.1 Å². The van der Waals surface area contributed by atoms with Crippen molar-refractivity contribution in [1.29, 1.82) is 0 Å². The Morgan fingerprint density at radius 1 is 0.955 bits per heavy atom. The minimum atomic E-state index is -0.0332. The van der Waals surface area contributed by atoms with E-state index in [9.17, 15) is 5.11 Å². The van der Waals surface area contributed by atoms with E-state index >= 15 is 0 Å². The molecule has 22 heavy (non-hydrogen) atoms. The van der Waals surface area contributed by atoms with Crippen molar-refractivity contribution in [3.63, 3.8) is 0 Å². The molecule has 4 fully saturated rings. The van der Waals surface area contributed by atoms with Crippen molar-refractivity contribution in [3.05, 3.63) is 0 Å². The van der Waals surface area contributed by atoms with Crippen LogP contribution >= 0.6 is 0 Å². The third kappa shape index (κ3) is 1.92. The maximum absolute atomic E-state index is 10.5. The molecule has 0 aromatic carbocycles. The van der Waals surface area contributed by atoms with Crippen molar-refractivity contribution < 1.29 is 5.11 Å². The number of hydrogen-bond acceptors (Lipinski definition) is 2. The summed E-state index contributed by atoms with van der Waals surface area (Å²) in [6.45, 7) is 5.00. The van der Waals surface area contributed by atoms with Gasteiger partial charge in [-0.2, -0.15) is 0 Å². The SMILES string of the molecule is CN=C1CC[C@@]2(C)C(CCC3C2CC[C@]2(C)C(O)CCC32)C1. The van der Waals surface area contributed by atoms with Crippen molar-refractivity contribution in [1.82, 2.24) is 0 Å². The van der Waals surface area contributed by atoms with Crippen LogP contribution < -0.4 is 0 Å². The topological polar surface area (TPSA) is 32.6 Å². The molecule has 0 radical (unpaired) electrons. The highest BCUT2D eigenvalue weighted by Gasteiger charge is 2.59. The number of hydrogen-bond donors (Lipinski definition) is 1. The fourth-order valence-corrected chi connectivity index (χ4v) is 7.24. The lowest BCUT2D eigenvalue weighted by molar-refractivity contribution is -0.112. The van der Waals surface area contributed by atoms with Crippen LogP contribution in [0.2, 0.25) is 0 Å². The van der Waals surface area contributed by atoms with E-state index in [2.05, 4.69) is 18.8 Å². The number of aliphatic imine (C=N–C) groups is 1. The van der Waals surface area contributed by atoms with E-state index in [-0.39, 0.29) is 11.5 Å². The summed E-state index contributed by atoms with van der Waals surface area (Å²) in [5.41, 5.74) is 2.25. The average molecular weight is 303 g/mol. The molecule has 0 aromatic heterocycles. The second-order valence-corrected chi connectivity index (χ2v) is 9.29. The quantitative estimate of drug-likeness (QED) is 0.704. The van der Waals surface area contributed by atoms with Gasteiger partial charge in [-0.25, -0.2) is 0 Å². The molecule has 1 N–H and O–H groups in total. The van der Waals surface area contributed by atoms with Crippen molar-refractivity contribution in [2.75, 3.05) is 7.05 Å². The van der Waals surface area contributed by atoms with Crippen molar-refractivity contribution in [2.45, 2.75) is 77.7 Å². The van der Waals surface area contributed by atoms with Gasteiger partial charge in [0.2, 0.25) is 0 Å². The molecule has 124 valence electrons. The third-order valence-corrected chi connectivity index (χ3v) is 8.77. The minimum Gasteiger partial charge on any atom is -0.393 e. The molecular weight excluding hydrogens is 270 g/mol. The van der Waals surface area contributed by atoms with Crippen LogP contribution in [0.15, 0.2) is 4.99 Å². The molecule has 4 aliphatic rings. The molecule has 2 nitrogen and oxygen atoms in total. The largest absolute Gasteiger partial charge is 0.393 e. The molecule has 5 unspecified atom stereocenters. The zero-order valence-electron chi connectivity index (χ0n) is 14.6. The highest BCUT2D eigenvalue weighted by molar-refractivity contribution is 5.85. The van der Waals surface area contributed by atoms with E-state index in [1.54, 1.807) is 0 Å². The number of nitrogens with zero attached hydrogens (tertiary/aromatic N) is 1. The van der Waals surface area contributed by atoms with Crippen LogP contribution in [0.4, 0.5) is 0 Å². The van der Waals surface area contributed by atoms with Crippen molar-refractivity contribution in [3.8, 4) is 0 Å². The molecule has 0 amide bonds. The van der Waals surface area contributed by atoms with Gasteiger partial charge in [0.1, 0.15) is 0 Å². The smallest absolute Gasteiger partial charge is 0.0596 e. The van der Waals surface area contributed by atoms with Gasteiger partial charge in [-0.1, -0.05) is 13.8 Å². The first-order chi connectivity index (χ1) is 10.5. The van der Waals surface area contributed by atoms with Gasteiger partial charge in [0.15, 0.2) is 0 Å². The van der Waals surface area contributed by atoms with Crippen LogP contribution in [0.1, 0.15) is 71.6 Å². The zero-order chi connectivity index (χ0) is 15.5. The van der Waals surface area contributed by atoms with Gasteiger partial charge >= 0.3 is 0 Å². The van der Waals surface area contributed by atoms with E-state index in [1.165, 1.54) is 57.1 Å². The first-order valence-electron chi connectivity index (χ1n) is 9.61. The lowest BCUT2D eigenvalue weighted by Crippen LogP contribution is -2.54. The van der Waals surface area contributed by atoms with Gasteiger partial charge in [-0.3, -0.25) is 4.99 Å². The first-order valence-corrected chi connectivity index (χ1v) is 9.61. The summed E-state index contributed by atoms with van der Waals surface area (Å²) in [5.74, 6) is 3.46. The molecule has 0 bridgehead atoms. The highest BCUT2D eigenvalue weighted by Crippen LogP contribution is 2.65. The summed E-state index contributed by atoms with van der Waals surface area (Å²) < 4.78 is 0. The Morgan fingerprint density at radius 3 is 2.50 bits per heavy atom. The normalized spacial score (nSPS) is 56.4. The number of fused-ring (bicyclic) bond motifs is 5. The van der Waals surface area contributed by atoms with Crippen LogP contribution in [-0.2, 0) is 0 Å². The molecule has 0 saturated heterocycles. The Morgan fingerprint density at radius 2 is 1.73 bits per heavy atom. The lowest BCUT2D eigenvalue weighted by atomic mass is 9.45. The molecule has 0 spiro atoms. The van der Waals surface area contributed by atoms with Gasteiger partial charge < -0.3 is 5.11 Å². The fraction of sp³-hybridized carbons (Fsp3) is 0.950. The number of rotatable bonds is 0. The zero-order valence-corrected chi connectivity index (χ0v) is 14.6. The second kappa shape index (κ2) is 5.06. The average Bonchev–Trinajstić information content (AvgIpc) is 2.82. The maximum atomic E-state index is 10.5. The molecule has 7 atom stereocenters. The van der Waals surface area contributed by atoms with Gasteiger partial charge in [-0.05, 0) is 92.3 Å². The number of aliphatic hydroxyl groups is 1. The molecule has 4 rings (SSSR count). The number of aliphatic hydroxyl groups excluding tert-OH is 1. The lowest BCUT2D eigenvalue weighted by Gasteiger charge is -2.60. The monoisotopic (exact) mass is 303 g/mol. The fourth-order valence-electron chi connectivity index (χ4n) is 7.24. The minimum absolute atomic E-state index is 0.0332. The van der Waals surface area contributed by atoms with Gasteiger partial charge in [0, 0.05) is 12.8 Å².